The predicted molar refractivity (Wildman–Crippen MR) is 104 cm³/mol. The summed E-state index contributed by atoms with van der Waals surface area (Å²) in [6.07, 6.45) is 3.65. The maximum atomic E-state index is 12.9. The summed E-state index contributed by atoms with van der Waals surface area (Å²) in [7, 11) is -3.91. The van der Waals surface area contributed by atoms with Crippen LogP contribution in [0.25, 0.3) is 0 Å². The normalized spacial score (nSPS) is 24.4. The molecule has 1 saturated heterocycles. The first-order valence-electron chi connectivity index (χ1n) is 9.12. The number of para-hydroxylation sites is 1. The molecular weight excluding hydrogens is 362 g/mol. The predicted octanol–water partition coefficient (Wildman–Crippen LogP) is 3.56. The minimum atomic E-state index is -3.91. The Labute approximate surface area is 159 Å². The Morgan fingerprint density at radius 3 is 2.26 bits per heavy atom. The van der Waals surface area contributed by atoms with Crippen molar-refractivity contribution in [2.75, 3.05) is 4.90 Å². The van der Waals surface area contributed by atoms with Crippen LogP contribution in [-0.2, 0) is 10.0 Å². The van der Waals surface area contributed by atoms with E-state index >= 15 is 0 Å². The molecule has 4 rings (SSSR count). The second kappa shape index (κ2) is 7.15. The first-order chi connectivity index (χ1) is 13.1. The van der Waals surface area contributed by atoms with Crippen LogP contribution in [0.5, 0.6) is 0 Å². The maximum Gasteiger partial charge on any atom is 0.327 e. The van der Waals surface area contributed by atoms with E-state index in [4.69, 9.17) is 0 Å². The van der Waals surface area contributed by atoms with Crippen molar-refractivity contribution in [1.29, 1.82) is 0 Å². The third kappa shape index (κ3) is 3.47. The molecule has 2 aromatic rings. The maximum absolute atomic E-state index is 12.9. The zero-order valence-corrected chi connectivity index (χ0v) is 15.6. The van der Waals surface area contributed by atoms with Crippen LogP contribution in [0.2, 0.25) is 0 Å². The second-order valence-corrected chi connectivity index (χ2v) is 8.46. The van der Waals surface area contributed by atoms with Crippen LogP contribution in [0.3, 0.4) is 0 Å². The van der Waals surface area contributed by atoms with E-state index in [2.05, 4.69) is 9.71 Å². The number of urea groups is 1. The van der Waals surface area contributed by atoms with Crippen molar-refractivity contribution in [2.24, 2.45) is 10.3 Å². The van der Waals surface area contributed by atoms with Crippen LogP contribution in [0.15, 0.2) is 70.0 Å². The number of fused-ring (bicyclic) bond motifs is 1. The molecule has 2 atom stereocenters. The molecule has 1 heterocycles. The summed E-state index contributed by atoms with van der Waals surface area (Å²) in [6.45, 7) is 0. The van der Waals surface area contributed by atoms with E-state index in [9.17, 15) is 13.2 Å². The number of amides is 2. The summed E-state index contributed by atoms with van der Waals surface area (Å²) in [5, 5.41) is 3.03. The molecule has 0 radical (unpaired) electrons. The average molecular weight is 383 g/mol. The molecule has 2 amide bonds. The molecule has 1 N–H and O–H groups in total. The molecule has 27 heavy (non-hydrogen) atoms. The van der Waals surface area contributed by atoms with Crippen LogP contribution in [-0.4, -0.2) is 26.3 Å². The number of nitrogens with zero attached hydrogens (tertiary/aromatic N) is 2. The molecule has 1 aliphatic heterocycles. The van der Waals surface area contributed by atoms with Gasteiger partial charge in [0.2, 0.25) is 0 Å². The van der Waals surface area contributed by atoms with Gasteiger partial charge in [0.05, 0.1) is 10.6 Å². The SMILES string of the molecule is O=C1NC2CCCCC2/C(=N\S(=O)(=O)c2ccccc2)N1c1ccccc1. The van der Waals surface area contributed by atoms with Crippen molar-refractivity contribution in [3.8, 4) is 0 Å². The molecule has 2 fully saturated rings. The summed E-state index contributed by atoms with van der Waals surface area (Å²) in [6, 6.07) is 16.8. The Morgan fingerprint density at radius 1 is 0.926 bits per heavy atom. The summed E-state index contributed by atoms with van der Waals surface area (Å²) >= 11 is 0. The Balaban J connectivity index is 1.84. The molecule has 6 nitrogen and oxygen atoms in total. The minimum absolute atomic E-state index is 0.0732. The van der Waals surface area contributed by atoms with Crippen LogP contribution in [0.1, 0.15) is 25.7 Å². The first kappa shape index (κ1) is 17.7. The number of hydrogen-bond donors (Lipinski definition) is 1. The number of amidine groups is 1. The van der Waals surface area contributed by atoms with Crippen molar-refractivity contribution in [2.45, 2.75) is 36.6 Å². The highest BCUT2D eigenvalue weighted by atomic mass is 32.2. The van der Waals surface area contributed by atoms with Crippen molar-refractivity contribution >= 4 is 27.6 Å². The lowest BCUT2D eigenvalue weighted by molar-refractivity contribution is 0.229. The molecule has 2 unspecified atom stereocenters. The van der Waals surface area contributed by atoms with Crippen LogP contribution >= 0.6 is 0 Å². The molecule has 0 spiro atoms. The Kier molecular flexibility index (Phi) is 4.70. The van der Waals surface area contributed by atoms with Gasteiger partial charge in [-0.1, -0.05) is 49.2 Å². The van der Waals surface area contributed by atoms with E-state index in [-0.39, 0.29) is 22.9 Å². The van der Waals surface area contributed by atoms with Gasteiger partial charge in [0, 0.05) is 12.0 Å². The van der Waals surface area contributed by atoms with Crippen LogP contribution < -0.4 is 10.2 Å². The van der Waals surface area contributed by atoms with E-state index < -0.39 is 10.0 Å². The number of carbonyl (C=O) groups is 1. The third-order valence-corrected chi connectivity index (χ3v) is 6.40. The smallest absolute Gasteiger partial charge is 0.327 e. The summed E-state index contributed by atoms with van der Waals surface area (Å²) < 4.78 is 30.0. The largest absolute Gasteiger partial charge is 0.334 e. The zero-order valence-electron chi connectivity index (χ0n) is 14.8. The van der Waals surface area contributed by atoms with Gasteiger partial charge in [0.1, 0.15) is 5.84 Å². The number of nitrogens with one attached hydrogen (secondary N) is 1. The fourth-order valence-electron chi connectivity index (χ4n) is 3.81. The monoisotopic (exact) mass is 383 g/mol. The number of anilines is 1. The minimum Gasteiger partial charge on any atom is -0.334 e. The van der Waals surface area contributed by atoms with Gasteiger partial charge >= 0.3 is 6.03 Å². The number of benzene rings is 2. The molecular formula is C20H21N3O3S. The number of rotatable bonds is 3. The van der Waals surface area contributed by atoms with Crippen molar-refractivity contribution in [1.82, 2.24) is 5.32 Å². The number of hydrogen-bond acceptors (Lipinski definition) is 3. The molecule has 140 valence electrons. The van der Waals surface area contributed by atoms with E-state index in [1.807, 2.05) is 18.2 Å². The van der Waals surface area contributed by atoms with Crippen molar-refractivity contribution in [3.05, 3.63) is 60.7 Å². The van der Waals surface area contributed by atoms with E-state index in [1.54, 1.807) is 30.3 Å². The van der Waals surface area contributed by atoms with Crippen molar-refractivity contribution in [3.63, 3.8) is 0 Å². The highest BCUT2D eigenvalue weighted by molar-refractivity contribution is 7.90. The van der Waals surface area contributed by atoms with E-state index in [1.165, 1.54) is 17.0 Å². The molecule has 0 bridgehead atoms. The molecule has 0 aromatic heterocycles. The van der Waals surface area contributed by atoms with Gasteiger partial charge in [-0.05, 0) is 37.1 Å². The fourth-order valence-corrected chi connectivity index (χ4v) is 4.88. The lowest BCUT2D eigenvalue weighted by Gasteiger charge is -2.42. The fraction of sp³-hybridized carbons (Fsp3) is 0.300. The Morgan fingerprint density at radius 2 is 1.56 bits per heavy atom. The highest BCUT2D eigenvalue weighted by Gasteiger charge is 2.42. The van der Waals surface area contributed by atoms with Crippen LogP contribution in [0, 0.1) is 5.92 Å². The van der Waals surface area contributed by atoms with Gasteiger partial charge in [-0.15, -0.1) is 4.40 Å². The summed E-state index contributed by atoms with van der Waals surface area (Å²) in [4.78, 5) is 14.4. The molecule has 1 aliphatic carbocycles. The van der Waals surface area contributed by atoms with Crippen molar-refractivity contribution < 1.29 is 13.2 Å². The Bertz CT molecular complexity index is 958. The molecule has 2 aromatic carbocycles. The zero-order chi connectivity index (χ0) is 18.9. The Hall–Kier alpha value is -2.67. The average Bonchev–Trinajstić information content (AvgIpc) is 2.69. The first-order valence-corrected chi connectivity index (χ1v) is 10.6. The van der Waals surface area contributed by atoms with Gasteiger partial charge < -0.3 is 5.32 Å². The number of carbonyl (C=O) groups excluding carboxylic acids is 1. The van der Waals surface area contributed by atoms with Gasteiger partial charge in [-0.3, -0.25) is 0 Å². The summed E-state index contributed by atoms with van der Waals surface area (Å²) in [5.74, 6) is 0.202. The third-order valence-electron chi connectivity index (χ3n) is 5.11. The highest BCUT2D eigenvalue weighted by Crippen LogP contribution is 2.33. The lowest BCUT2D eigenvalue weighted by Crippen LogP contribution is -2.61. The van der Waals surface area contributed by atoms with E-state index in [0.717, 1.165) is 25.7 Å². The molecule has 7 heteroatoms. The molecule has 2 aliphatic rings. The number of sulfonamides is 1. The quantitative estimate of drug-likeness (QED) is 0.880. The standard InChI is InChI=1S/C20H21N3O3S/c24-20-21-18-14-8-7-13-17(18)19(23(20)15-9-3-1-4-10-15)22-27(25,26)16-11-5-2-6-12-16/h1-6,9-12,17-18H,7-8,13-14H2,(H,21,24)/b22-19+. The molecule has 1 saturated carbocycles. The van der Waals surface area contributed by atoms with Gasteiger partial charge in [-0.25, -0.2) is 9.69 Å². The van der Waals surface area contributed by atoms with Gasteiger partial charge in [-0.2, -0.15) is 8.42 Å². The van der Waals surface area contributed by atoms with Gasteiger partial charge in [0.15, 0.2) is 0 Å². The van der Waals surface area contributed by atoms with Crippen LogP contribution in [0.4, 0.5) is 10.5 Å². The summed E-state index contributed by atoms with van der Waals surface area (Å²) in [5.41, 5.74) is 0.612. The second-order valence-electron chi connectivity index (χ2n) is 6.86. The van der Waals surface area contributed by atoms with Gasteiger partial charge in [0.25, 0.3) is 10.0 Å². The van der Waals surface area contributed by atoms with E-state index in [0.29, 0.717) is 11.5 Å². The topological polar surface area (TPSA) is 78.8 Å². The lowest BCUT2D eigenvalue weighted by atomic mass is 9.82.